The first-order chi connectivity index (χ1) is 7.61. The molecule has 0 radical (unpaired) electrons. The van der Waals surface area contributed by atoms with Crippen LogP contribution >= 0.6 is 15.9 Å². The molecule has 1 fully saturated rings. The van der Waals surface area contributed by atoms with E-state index in [9.17, 15) is 4.39 Å². The second kappa shape index (κ2) is 4.84. The lowest BCUT2D eigenvalue weighted by Crippen LogP contribution is -2.29. The molecule has 3 heteroatoms. The number of benzene rings is 1. The number of hydrogen-bond donors (Lipinski definition) is 1. The highest BCUT2D eigenvalue weighted by Gasteiger charge is 2.20. The quantitative estimate of drug-likeness (QED) is 0.830. The van der Waals surface area contributed by atoms with E-state index in [1.807, 2.05) is 13.8 Å². The Morgan fingerprint density at radius 1 is 1.38 bits per heavy atom. The molecule has 0 spiro atoms. The molecule has 88 valence electrons. The van der Waals surface area contributed by atoms with Gasteiger partial charge in [0.25, 0.3) is 0 Å². The summed E-state index contributed by atoms with van der Waals surface area (Å²) < 4.78 is 14.8. The molecule has 0 aliphatic carbocycles. The lowest BCUT2D eigenvalue weighted by Gasteiger charge is -2.25. The standard InChI is InChI=1S/C13H17BrFN/c1-8-11(10-4-3-5-16-7-10)6-12(14)9(2)13(8)15/h6,10,16H,3-5,7H2,1-2H3. The van der Waals surface area contributed by atoms with Gasteiger partial charge in [-0.3, -0.25) is 0 Å². The summed E-state index contributed by atoms with van der Waals surface area (Å²) in [6, 6.07) is 2.09. The Balaban J connectivity index is 2.40. The van der Waals surface area contributed by atoms with Gasteiger partial charge < -0.3 is 5.32 Å². The molecule has 0 amide bonds. The SMILES string of the molecule is Cc1c(Br)cc(C2CCCNC2)c(C)c1F. The van der Waals surface area contributed by atoms with Gasteiger partial charge in [-0.15, -0.1) is 0 Å². The van der Waals surface area contributed by atoms with Gasteiger partial charge in [0.2, 0.25) is 0 Å². The summed E-state index contributed by atoms with van der Waals surface area (Å²) in [5.74, 6) is 0.398. The maximum Gasteiger partial charge on any atom is 0.130 e. The molecule has 0 saturated carbocycles. The van der Waals surface area contributed by atoms with Crippen molar-refractivity contribution in [3.8, 4) is 0 Å². The van der Waals surface area contributed by atoms with Gasteiger partial charge >= 0.3 is 0 Å². The smallest absolute Gasteiger partial charge is 0.130 e. The first kappa shape index (κ1) is 12.1. The van der Waals surface area contributed by atoms with Gasteiger partial charge in [-0.25, -0.2) is 4.39 Å². The molecule has 1 unspecified atom stereocenters. The van der Waals surface area contributed by atoms with Crippen LogP contribution in [0, 0.1) is 19.7 Å². The zero-order valence-corrected chi connectivity index (χ0v) is 11.3. The molecule has 16 heavy (non-hydrogen) atoms. The Morgan fingerprint density at radius 2 is 2.12 bits per heavy atom. The Morgan fingerprint density at radius 3 is 2.75 bits per heavy atom. The van der Waals surface area contributed by atoms with E-state index in [4.69, 9.17) is 0 Å². The van der Waals surface area contributed by atoms with E-state index < -0.39 is 0 Å². The predicted molar refractivity (Wildman–Crippen MR) is 68.4 cm³/mol. The number of halogens is 2. The fourth-order valence-electron chi connectivity index (χ4n) is 2.41. The fourth-order valence-corrected chi connectivity index (χ4v) is 2.83. The molecule has 1 nitrogen and oxygen atoms in total. The van der Waals surface area contributed by atoms with Gasteiger partial charge in [-0.2, -0.15) is 0 Å². The predicted octanol–water partition coefficient (Wildman–Crippen LogP) is 3.67. The molecule has 1 saturated heterocycles. The minimum Gasteiger partial charge on any atom is -0.316 e. The van der Waals surface area contributed by atoms with Crippen LogP contribution in [0.2, 0.25) is 0 Å². The Hall–Kier alpha value is -0.410. The largest absolute Gasteiger partial charge is 0.316 e. The number of piperidine rings is 1. The third-order valence-corrected chi connectivity index (χ3v) is 4.29. The average Bonchev–Trinajstić information content (AvgIpc) is 2.32. The van der Waals surface area contributed by atoms with Crippen LogP contribution in [-0.2, 0) is 0 Å². The second-order valence-corrected chi connectivity index (χ2v) is 5.41. The average molecular weight is 286 g/mol. The second-order valence-electron chi connectivity index (χ2n) is 4.55. The van der Waals surface area contributed by atoms with Crippen LogP contribution in [0.1, 0.15) is 35.4 Å². The zero-order chi connectivity index (χ0) is 11.7. The number of hydrogen-bond acceptors (Lipinski definition) is 1. The molecule has 1 N–H and O–H groups in total. The molecule has 1 heterocycles. The highest BCUT2D eigenvalue weighted by molar-refractivity contribution is 9.10. The van der Waals surface area contributed by atoms with E-state index in [2.05, 4.69) is 27.3 Å². The van der Waals surface area contributed by atoms with Crippen molar-refractivity contribution in [3.05, 3.63) is 33.0 Å². The summed E-state index contributed by atoms with van der Waals surface area (Å²) >= 11 is 3.44. The highest BCUT2D eigenvalue weighted by atomic mass is 79.9. The number of rotatable bonds is 1. The molecule has 1 aliphatic rings. The summed E-state index contributed by atoms with van der Waals surface area (Å²) in [6.45, 7) is 5.76. The molecule has 0 bridgehead atoms. The van der Waals surface area contributed by atoms with Crippen LogP contribution in [0.3, 0.4) is 0 Å². The monoisotopic (exact) mass is 285 g/mol. The van der Waals surface area contributed by atoms with Gasteiger partial charge in [0.15, 0.2) is 0 Å². The minimum absolute atomic E-state index is 0.0602. The molecule has 2 rings (SSSR count). The van der Waals surface area contributed by atoms with Crippen molar-refractivity contribution in [2.24, 2.45) is 0 Å². The van der Waals surface area contributed by atoms with E-state index >= 15 is 0 Å². The van der Waals surface area contributed by atoms with E-state index in [0.717, 1.165) is 35.1 Å². The molecular weight excluding hydrogens is 269 g/mol. The first-order valence-corrected chi connectivity index (χ1v) is 6.56. The lowest BCUT2D eigenvalue weighted by atomic mass is 9.88. The van der Waals surface area contributed by atoms with Crippen LogP contribution in [0.15, 0.2) is 10.5 Å². The first-order valence-electron chi connectivity index (χ1n) is 5.77. The van der Waals surface area contributed by atoms with Gasteiger partial charge in [-0.1, -0.05) is 15.9 Å². The minimum atomic E-state index is -0.0602. The Kier molecular flexibility index (Phi) is 3.65. The van der Waals surface area contributed by atoms with E-state index in [-0.39, 0.29) is 5.82 Å². The number of nitrogens with one attached hydrogen (secondary N) is 1. The highest BCUT2D eigenvalue weighted by Crippen LogP contribution is 2.32. The van der Waals surface area contributed by atoms with Crippen molar-refractivity contribution < 1.29 is 4.39 Å². The van der Waals surface area contributed by atoms with Crippen molar-refractivity contribution in [1.29, 1.82) is 0 Å². The van der Waals surface area contributed by atoms with Crippen LogP contribution in [0.5, 0.6) is 0 Å². The maximum absolute atomic E-state index is 14.0. The van der Waals surface area contributed by atoms with Crippen LogP contribution < -0.4 is 5.32 Å². The van der Waals surface area contributed by atoms with Gasteiger partial charge in [0.05, 0.1) is 0 Å². The third kappa shape index (κ3) is 2.16. The van der Waals surface area contributed by atoms with Crippen molar-refractivity contribution in [2.75, 3.05) is 13.1 Å². The van der Waals surface area contributed by atoms with E-state index in [0.29, 0.717) is 11.5 Å². The van der Waals surface area contributed by atoms with Gasteiger partial charge in [-0.05, 0) is 61.9 Å². The Labute approximate surface area is 105 Å². The van der Waals surface area contributed by atoms with E-state index in [1.165, 1.54) is 6.42 Å². The topological polar surface area (TPSA) is 12.0 Å². The molecule has 1 aliphatic heterocycles. The van der Waals surface area contributed by atoms with Crippen LogP contribution in [0.25, 0.3) is 0 Å². The molecular formula is C13H17BrFN. The summed E-state index contributed by atoms with van der Waals surface area (Å²) in [5, 5.41) is 3.38. The fraction of sp³-hybridized carbons (Fsp3) is 0.538. The molecule has 1 atom stereocenters. The van der Waals surface area contributed by atoms with Crippen molar-refractivity contribution in [3.63, 3.8) is 0 Å². The van der Waals surface area contributed by atoms with Gasteiger partial charge in [0, 0.05) is 11.0 Å². The summed E-state index contributed by atoms with van der Waals surface area (Å²) in [4.78, 5) is 0. The summed E-state index contributed by atoms with van der Waals surface area (Å²) in [7, 11) is 0. The molecule has 1 aromatic carbocycles. The van der Waals surface area contributed by atoms with Gasteiger partial charge in [0.1, 0.15) is 5.82 Å². The zero-order valence-electron chi connectivity index (χ0n) is 9.74. The normalized spacial score (nSPS) is 21.1. The van der Waals surface area contributed by atoms with E-state index in [1.54, 1.807) is 0 Å². The summed E-state index contributed by atoms with van der Waals surface area (Å²) in [6.07, 6.45) is 2.33. The Bertz CT molecular complexity index is 397. The maximum atomic E-state index is 14.0. The van der Waals surface area contributed by atoms with Crippen molar-refractivity contribution >= 4 is 15.9 Å². The molecule has 0 aromatic heterocycles. The summed E-state index contributed by atoms with van der Waals surface area (Å²) in [5.41, 5.74) is 2.68. The van der Waals surface area contributed by atoms with Crippen LogP contribution in [-0.4, -0.2) is 13.1 Å². The van der Waals surface area contributed by atoms with Crippen molar-refractivity contribution in [2.45, 2.75) is 32.6 Å². The molecule has 1 aromatic rings. The van der Waals surface area contributed by atoms with Crippen molar-refractivity contribution in [1.82, 2.24) is 5.32 Å². The van der Waals surface area contributed by atoms with Crippen LogP contribution in [0.4, 0.5) is 4.39 Å². The lowest BCUT2D eigenvalue weighted by molar-refractivity contribution is 0.457. The third-order valence-electron chi connectivity index (χ3n) is 3.47.